The van der Waals surface area contributed by atoms with Crippen molar-refractivity contribution in [1.82, 2.24) is 4.98 Å². The summed E-state index contributed by atoms with van der Waals surface area (Å²) >= 11 is 6.19. The highest BCUT2D eigenvalue weighted by Gasteiger charge is 2.25. The number of nitrogens with zero attached hydrogens (tertiary/aromatic N) is 1. The van der Waals surface area contributed by atoms with Crippen LogP contribution in [0, 0.1) is 0 Å². The molecule has 0 N–H and O–H groups in total. The Balaban J connectivity index is 2.37. The maximum absolute atomic E-state index is 6.19. The van der Waals surface area contributed by atoms with E-state index in [0.717, 1.165) is 21.8 Å². The third-order valence-electron chi connectivity index (χ3n) is 2.77. The van der Waals surface area contributed by atoms with Gasteiger partial charge in [0.05, 0.1) is 10.5 Å². The van der Waals surface area contributed by atoms with Crippen LogP contribution in [0.15, 0.2) is 30.5 Å². The molecule has 0 atom stereocenters. The smallest absolute Gasteiger partial charge is 0.0719 e. The molecule has 2 heteroatoms. The predicted octanol–water partition coefficient (Wildman–Crippen LogP) is 3.77. The number of hydrogen-bond donors (Lipinski definition) is 0. The van der Waals surface area contributed by atoms with E-state index in [1.165, 1.54) is 18.4 Å². The molecule has 1 aromatic carbocycles. The van der Waals surface area contributed by atoms with Crippen molar-refractivity contribution in [3.8, 4) is 0 Å². The summed E-state index contributed by atoms with van der Waals surface area (Å²) < 4.78 is 0. The van der Waals surface area contributed by atoms with Crippen molar-refractivity contribution in [2.24, 2.45) is 0 Å². The Bertz CT molecular complexity index is 483. The lowest BCUT2D eigenvalue weighted by atomic mass is 10.1. The van der Waals surface area contributed by atoms with E-state index < -0.39 is 0 Å². The number of fused-ring (bicyclic) bond motifs is 1. The molecule has 14 heavy (non-hydrogen) atoms. The molecular weight excluding hydrogens is 194 g/mol. The number of aromatic nitrogens is 1. The second-order valence-electron chi connectivity index (χ2n) is 3.81. The van der Waals surface area contributed by atoms with Crippen LogP contribution in [0.4, 0.5) is 0 Å². The summed E-state index contributed by atoms with van der Waals surface area (Å²) in [4.78, 5) is 4.33. The van der Waals surface area contributed by atoms with E-state index >= 15 is 0 Å². The largest absolute Gasteiger partial charge is 0.256 e. The fourth-order valence-electron chi connectivity index (χ4n) is 1.92. The van der Waals surface area contributed by atoms with Crippen molar-refractivity contribution in [3.63, 3.8) is 0 Å². The lowest BCUT2D eigenvalue weighted by Gasteiger charge is -2.05. The zero-order valence-electron chi connectivity index (χ0n) is 7.70. The molecule has 1 fully saturated rings. The molecule has 2 aromatic rings. The Kier molecular flexibility index (Phi) is 1.74. The summed E-state index contributed by atoms with van der Waals surface area (Å²) in [5.41, 5.74) is 2.39. The highest BCUT2D eigenvalue weighted by Crippen LogP contribution is 2.44. The topological polar surface area (TPSA) is 12.9 Å². The van der Waals surface area contributed by atoms with Crippen LogP contribution >= 0.6 is 11.6 Å². The van der Waals surface area contributed by atoms with Crippen molar-refractivity contribution < 1.29 is 0 Å². The summed E-state index contributed by atoms with van der Waals surface area (Å²) in [6.07, 6.45) is 4.47. The maximum atomic E-state index is 6.19. The Hall–Kier alpha value is -1.08. The van der Waals surface area contributed by atoms with E-state index in [9.17, 15) is 0 Å². The number of halogens is 1. The summed E-state index contributed by atoms with van der Waals surface area (Å²) in [5.74, 6) is 0.723. The fourth-order valence-corrected chi connectivity index (χ4v) is 2.20. The molecule has 1 aliphatic carbocycles. The van der Waals surface area contributed by atoms with Crippen LogP contribution in [-0.2, 0) is 0 Å². The summed E-state index contributed by atoms with van der Waals surface area (Å²) in [5, 5.41) is 1.98. The minimum absolute atomic E-state index is 0.723. The molecule has 0 amide bonds. The highest BCUT2D eigenvalue weighted by molar-refractivity contribution is 6.35. The molecule has 1 nitrogen and oxygen atoms in total. The lowest BCUT2D eigenvalue weighted by Crippen LogP contribution is -1.86. The van der Waals surface area contributed by atoms with Crippen molar-refractivity contribution in [1.29, 1.82) is 0 Å². The van der Waals surface area contributed by atoms with Crippen molar-refractivity contribution >= 4 is 22.5 Å². The van der Waals surface area contributed by atoms with Gasteiger partial charge in [-0.15, -0.1) is 0 Å². The van der Waals surface area contributed by atoms with Crippen LogP contribution in [-0.4, -0.2) is 4.98 Å². The quantitative estimate of drug-likeness (QED) is 0.688. The van der Waals surface area contributed by atoms with E-state index in [4.69, 9.17) is 11.6 Å². The van der Waals surface area contributed by atoms with Gasteiger partial charge >= 0.3 is 0 Å². The van der Waals surface area contributed by atoms with Crippen LogP contribution < -0.4 is 0 Å². The normalized spacial score (nSPS) is 16.1. The first-order valence-electron chi connectivity index (χ1n) is 4.89. The van der Waals surface area contributed by atoms with Gasteiger partial charge in [-0.3, -0.25) is 4.98 Å². The van der Waals surface area contributed by atoms with Gasteiger partial charge in [0.1, 0.15) is 0 Å². The molecule has 0 saturated heterocycles. The molecule has 70 valence electrons. The zero-order valence-corrected chi connectivity index (χ0v) is 8.46. The zero-order chi connectivity index (χ0) is 9.54. The van der Waals surface area contributed by atoms with Gasteiger partial charge in [0.2, 0.25) is 0 Å². The van der Waals surface area contributed by atoms with E-state index in [-0.39, 0.29) is 0 Å². The van der Waals surface area contributed by atoms with Crippen molar-refractivity contribution in [2.75, 3.05) is 0 Å². The molecule has 0 spiro atoms. The van der Waals surface area contributed by atoms with Crippen molar-refractivity contribution in [2.45, 2.75) is 18.8 Å². The molecule has 0 unspecified atom stereocenters. The van der Waals surface area contributed by atoms with E-state index in [0.29, 0.717) is 0 Å². The van der Waals surface area contributed by atoms with Crippen molar-refractivity contribution in [3.05, 3.63) is 41.0 Å². The monoisotopic (exact) mass is 203 g/mol. The molecule has 0 radical (unpaired) electrons. The minimum atomic E-state index is 0.723. The lowest BCUT2D eigenvalue weighted by molar-refractivity contribution is 1.14. The Morgan fingerprint density at radius 1 is 1.21 bits per heavy atom. The third-order valence-corrected chi connectivity index (χ3v) is 3.08. The number of pyridine rings is 1. The van der Waals surface area contributed by atoms with Crippen LogP contribution in [0.25, 0.3) is 10.9 Å². The Labute approximate surface area is 87.7 Å². The van der Waals surface area contributed by atoms with Crippen LogP contribution in [0.1, 0.15) is 24.3 Å². The van der Waals surface area contributed by atoms with E-state index in [2.05, 4.69) is 11.1 Å². The van der Waals surface area contributed by atoms with Crippen LogP contribution in [0.5, 0.6) is 0 Å². The summed E-state index contributed by atoms with van der Waals surface area (Å²) in [7, 11) is 0. The van der Waals surface area contributed by atoms with Gasteiger partial charge in [-0.25, -0.2) is 0 Å². The van der Waals surface area contributed by atoms with Crippen LogP contribution in [0.2, 0.25) is 5.02 Å². The molecule has 1 aromatic heterocycles. The minimum Gasteiger partial charge on any atom is -0.256 e. The number of hydrogen-bond acceptors (Lipinski definition) is 1. The molecule has 1 heterocycles. The maximum Gasteiger partial charge on any atom is 0.0719 e. The SMILES string of the molecule is Clc1cccc2nccc(C3CC3)c12. The molecular formula is C12H10ClN. The second-order valence-corrected chi connectivity index (χ2v) is 4.22. The standard InChI is InChI=1S/C12H10ClN/c13-10-2-1-3-11-12(10)9(6-7-14-11)8-4-5-8/h1-3,6-8H,4-5H2. The van der Waals surface area contributed by atoms with Gasteiger partial charge in [-0.2, -0.15) is 0 Å². The first kappa shape index (κ1) is 8.25. The predicted molar refractivity (Wildman–Crippen MR) is 58.7 cm³/mol. The summed E-state index contributed by atoms with van der Waals surface area (Å²) in [6.45, 7) is 0. The number of benzene rings is 1. The van der Waals surface area contributed by atoms with Gasteiger partial charge in [-0.1, -0.05) is 17.7 Å². The van der Waals surface area contributed by atoms with Gasteiger partial charge in [0.15, 0.2) is 0 Å². The molecule has 0 bridgehead atoms. The van der Waals surface area contributed by atoms with E-state index in [1.807, 2.05) is 24.4 Å². The van der Waals surface area contributed by atoms with Gasteiger partial charge < -0.3 is 0 Å². The van der Waals surface area contributed by atoms with E-state index in [1.54, 1.807) is 0 Å². The first-order chi connectivity index (χ1) is 6.86. The molecule has 0 aliphatic heterocycles. The summed E-state index contributed by atoms with van der Waals surface area (Å²) in [6, 6.07) is 8.02. The average molecular weight is 204 g/mol. The second kappa shape index (κ2) is 2.96. The average Bonchev–Trinajstić information content (AvgIpc) is 3.01. The first-order valence-corrected chi connectivity index (χ1v) is 5.27. The highest BCUT2D eigenvalue weighted by atomic mass is 35.5. The van der Waals surface area contributed by atoms with Gasteiger partial charge in [0.25, 0.3) is 0 Å². The Morgan fingerprint density at radius 2 is 2.07 bits per heavy atom. The molecule has 1 aliphatic rings. The van der Waals surface area contributed by atoms with Gasteiger partial charge in [0, 0.05) is 11.6 Å². The third kappa shape index (κ3) is 1.20. The number of rotatable bonds is 1. The van der Waals surface area contributed by atoms with Gasteiger partial charge in [-0.05, 0) is 42.5 Å². The molecule has 3 rings (SSSR count). The molecule has 1 saturated carbocycles. The Morgan fingerprint density at radius 3 is 2.86 bits per heavy atom. The fraction of sp³-hybridized carbons (Fsp3) is 0.250. The van der Waals surface area contributed by atoms with Crippen LogP contribution in [0.3, 0.4) is 0 Å².